The van der Waals surface area contributed by atoms with Crippen molar-refractivity contribution in [2.24, 2.45) is 0 Å². The SMILES string of the molecule is CCC(=O)N[C@H]1CC[C@@H](n2c(CC)nnc2-c2ccc(-c3nc4ccccc4o3)cc2)C1. The number of amides is 1. The summed E-state index contributed by atoms with van der Waals surface area (Å²) in [6, 6.07) is 16.4. The first-order chi connectivity index (χ1) is 15.7. The first-order valence-corrected chi connectivity index (χ1v) is 11.4. The third-order valence-electron chi connectivity index (χ3n) is 6.22. The molecule has 32 heavy (non-hydrogen) atoms. The number of aryl methyl sites for hydroxylation is 1. The van der Waals surface area contributed by atoms with Crippen LogP contribution in [0.1, 0.15) is 51.4 Å². The predicted molar refractivity (Wildman–Crippen MR) is 123 cm³/mol. The van der Waals surface area contributed by atoms with Gasteiger partial charge in [-0.1, -0.05) is 38.1 Å². The van der Waals surface area contributed by atoms with Crippen LogP contribution in [0.15, 0.2) is 52.9 Å². The third-order valence-corrected chi connectivity index (χ3v) is 6.22. The van der Waals surface area contributed by atoms with Gasteiger partial charge in [0.2, 0.25) is 11.8 Å². The molecule has 1 saturated carbocycles. The monoisotopic (exact) mass is 429 g/mol. The molecule has 0 bridgehead atoms. The maximum atomic E-state index is 11.8. The second-order valence-electron chi connectivity index (χ2n) is 8.31. The van der Waals surface area contributed by atoms with Gasteiger partial charge in [-0.3, -0.25) is 4.79 Å². The van der Waals surface area contributed by atoms with Crippen molar-refractivity contribution in [3.05, 3.63) is 54.4 Å². The van der Waals surface area contributed by atoms with Gasteiger partial charge in [-0.15, -0.1) is 10.2 Å². The molecule has 1 N–H and O–H groups in total. The number of fused-ring (bicyclic) bond motifs is 1. The molecular weight excluding hydrogens is 402 g/mol. The fraction of sp³-hybridized carbons (Fsp3) is 0.360. The van der Waals surface area contributed by atoms with Crippen LogP contribution in [0.25, 0.3) is 33.9 Å². The topological polar surface area (TPSA) is 85.8 Å². The summed E-state index contributed by atoms with van der Waals surface area (Å²) >= 11 is 0. The molecule has 1 amide bonds. The molecule has 1 aliphatic rings. The summed E-state index contributed by atoms with van der Waals surface area (Å²) in [5.41, 5.74) is 3.57. The van der Waals surface area contributed by atoms with Crippen LogP contribution in [0.4, 0.5) is 0 Å². The number of aromatic nitrogens is 4. The molecule has 0 aliphatic heterocycles. The Morgan fingerprint density at radius 3 is 2.59 bits per heavy atom. The number of hydrogen-bond acceptors (Lipinski definition) is 5. The lowest BCUT2D eigenvalue weighted by atomic mass is 10.1. The van der Waals surface area contributed by atoms with Crippen LogP contribution in [-0.4, -0.2) is 31.7 Å². The van der Waals surface area contributed by atoms with Gasteiger partial charge in [-0.25, -0.2) is 4.98 Å². The van der Waals surface area contributed by atoms with Crippen molar-refractivity contribution in [3.63, 3.8) is 0 Å². The van der Waals surface area contributed by atoms with Crippen molar-refractivity contribution in [3.8, 4) is 22.8 Å². The second-order valence-corrected chi connectivity index (χ2v) is 8.31. The van der Waals surface area contributed by atoms with Crippen LogP contribution in [0.5, 0.6) is 0 Å². The first kappa shape index (κ1) is 20.4. The fourth-order valence-corrected chi connectivity index (χ4v) is 4.56. The van der Waals surface area contributed by atoms with E-state index in [0.29, 0.717) is 12.3 Å². The van der Waals surface area contributed by atoms with Crippen LogP contribution in [0, 0.1) is 0 Å². The minimum absolute atomic E-state index is 0.116. The lowest BCUT2D eigenvalue weighted by Gasteiger charge is -2.18. The summed E-state index contributed by atoms with van der Waals surface area (Å²) in [6.07, 6.45) is 4.23. The summed E-state index contributed by atoms with van der Waals surface area (Å²) in [4.78, 5) is 16.4. The number of rotatable bonds is 6. The largest absolute Gasteiger partial charge is 0.436 e. The van der Waals surface area contributed by atoms with E-state index >= 15 is 0 Å². The Hall–Kier alpha value is -3.48. The lowest BCUT2D eigenvalue weighted by Crippen LogP contribution is -2.32. The highest BCUT2D eigenvalue weighted by Crippen LogP contribution is 2.35. The minimum Gasteiger partial charge on any atom is -0.436 e. The molecule has 2 heterocycles. The van der Waals surface area contributed by atoms with Crippen molar-refractivity contribution < 1.29 is 9.21 Å². The third kappa shape index (κ3) is 3.79. The minimum atomic E-state index is 0.116. The van der Waals surface area contributed by atoms with Gasteiger partial charge in [0, 0.05) is 36.1 Å². The number of benzene rings is 2. The van der Waals surface area contributed by atoms with Crippen molar-refractivity contribution in [1.82, 2.24) is 25.1 Å². The summed E-state index contributed by atoms with van der Waals surface area (Å²) in [5.74, 6) is 2.58. The molecule has 2 aromatic carbocycles. The van der Waals surface area contributed by atoms with Crippen LogP contribution in [0.3, 0.4) is 0 Å². The molecule has 2 atom stereocenters. The molecule has 5 rings (SSSR count). The fourth-order valence-electron chi connectivity index (χ4n) is 4.56. The predicted octanol–water partition coefficient (Wildman–Crippen LogP) is 4.94. The zero-order valence-electron chi connectivity index (χ0n) is 18.4. The standard InChI is InChI=1S/C25H27N5O2/c1-3-22-28-29-24(30(22)19-14-13-18(15-19)26-23(31)4-2)16-9-11-17(12-10-16)25-27-20-7-5-6-8-21(20)32-25/h5-12,18-19H,3-4,13-15H2,1-2H3,(H,26,31)/t18-,19+/m0/s1. The molecule has 1 aliphatic carbocycles. The van der Waals surface area contributed by atoms with Crippen molar-refractivity contribution in [1.29, 1.82) is 0 Å². The summed E-state index contributed by atoms with van der Waals surface area (Å²) in [7, 11) is 0. The van der Waals surface area contributed by atoms with E-state index in [9.17, 15) is 4.79 Å². The Morgan fingerprint density at radius 1 is 1.06 bits per heavy atom. The van der Waals surface area contributed by atoms with Gasteiger partial charge in [0.05, 0.1) is 0 Å². The van der Waals surface area contributed by atoms with Gasteiger partial charge in [0.25, 0.3) is 0 Å². The molecule has 0 spiro atoms. The highest BCUT2D eigenvalue weighted by Gasteiger charge is 2.30. The summed E-state index contributed by atoms with van der Waals surface area (Å²) in [5, 5.41) is 12.1. The molecule has 164 valence electrons. The summed E-state index contributed by atoms with van der Waals surface area (Å²) < 4.78 is 8.17. The van der Waals surface area contributed by atoms with E-state index in [1.165, 1.54) is 0 Å². The quantitative estimate of drug-likeness (QED) is 0.469. The molecule has 0 saturated heterocycles. The molecule has 0 radical (unpaired) electrons. The average molecular weight is 430 g/mol. The molecule has 4 aromatic rings. The van der Waals surface area contributed by atoms with E-state index in [-0.39, 0.29) is 18.0 Å². The van der Waals surface area contributed by atoms with Gasteiger partial charge >= 0.3 is 0 Å². The number of para-hydroxylation sites is 2. The number of carbonyl (C=O) groups is 1. The van der Waals surface area contributed by atoms with Gasteiger partial charge in [-0.05, 0) is 43.5 Å². The molecule has 2 aromatic heterocycles. The van der Waals surface area contributed by atoms with E-state index in [4.69, 9.17) is 4.42 Å². The number of hydrogen-bond donors (Lipinski definition) is 1. The van der Waals surface area contributed by atoms with Crippen molar-refractivity contribution in [2.75, 3.05) is 0 Å². The van der Waals surface area contributed by atoms with E-state index in [1.54, 1.807) is 0 Å². The van der Waals surface area contributed by atoms with E-state index < -0.39 is 0 Å². The van der Waals surface area contributed by atoms with Gasteiger partial charge in [0.1, 0.15) is 11.3 Å². The number of nitrogens with one attached hydrogen (secondary N) is 1. The molecule has 7 nitrogen and oxygen atoms in total. The number of oxazole rings is 1. The number of nitrogens with zero attached hydrogens (tertiary/aromatic N) is 4. The maximum absolute atomic E-state index is 11.8. The van der Waals surface area contributed by atoms with Crippen LogP contribution in [0.2, 0.25) is 0 Å². The Bertz CT molecular complexity index is 1210. The Labute approximate surface area is 186 Å². The van der Waals surface area contributed by atoms with Crippen LogP contribution >= 0.6 is 0 Å². The normalized spacial score (nSPS) is 18.3. The van der Waals surface area contributed by atoms with Crippen molar-refractivity contribution in [2.45, 2.75) is 58.0 Å². The Morgan fingerprint density at radius 2 is 1.84 bits per heavy atom. The van der Waals surface area contributed by atoms with Gasteiger partial charge < -0.3 is 14.3 Å². The molecule has 7 heteroatoms. The second kappa shape index (κ2) is 8.57. The van der Waals surface area contributed by atoms with Gasteiger partial charge in [0.15, 0.2) is 11.4 Å². The molecular formula is C25H27N5O2. The smallest absolute Gasteiger partial charge is 0.227 e. The Kier molecular flexibility index (Phi) is 5.47. The zero-order chi connectivity index (χ0) is 22.1. The zero-order valence-corrected chi connectivity index (χ0v) is 18.4. The molecule has 1 fully saturated rings. The average Bonchev–Trinajstić information content (AvgIpc) is 3.56. The number of carbonyl (C=O) groups excluding carboxylic acids is 1. The highest BCUT2D eigenvalue weighted by atomic mass is 16.3. The lowest BCUT2D eigenvalue weighted by molar-refractivity contribution is -0.121. The summed E-state index contributed by atoms with van der Waals surface area (Å²) in [6.45, 7) is 3.99. The van der Waals surface area contributed by atoms with E-state index in [1.807, 2.05) is 43.3 Å². The maximum Gasteiger partial charge on any atom is 0.227 e. The highest BCUT2D eigenvalue weighted by molar-refractivity contribution is 5.76. The van der Waals surface area contributed by atoms with Crippen LogP contribution < -0.4 is 5.32 Å². The Balaban J connectivity index is 1.42. The van der Waals surface area contributed by atoms with E-state index in [2.05, 4.69) is 44.1 Å². The first-order valence-electron chi connectivity index (χ1n) is 11.4. The van der Waals surface area contributed by atoms with E-state index in [0.717, 1.165) is 59.6 Å². The molecule has 0 unspecified atom stereocenters. The van der Waals surface area contributed by atoms with Gasteiger partial charge in [-0.2, -0.15) is 0 Å². The van der Waals surface area contributed by atoms with Crippen molar-refractivity contribution >= 4 is 17.0 Å². The van der Waals surface area contributed by atoms with Crippen LogP contribution in [-0.2, 0) is 11.2 Å².